The van der Waals surface area contributed by atoms with Gasteiger partial charge in [0.1, 0.15) is 13.1 Å². The molecule has 448 valence electrons. The van der Waals surface area contributed by atoms with Crippen molar-refractivity contribution in [2.75, 3.05) is 131 Å². The van der Waals surface area contributed by atoms with Crippen molar-refractivity contribution in [1.82, 2.24) is 40.0 Å². The summed E-state index contributed by atoms with van der Waals surface area (Å²) in [5.41, 5.74) is -0.642. The first kappa shape index (κ1) is 62.3. The highest BCUT2D eigenvalue weighted by Crippen LogP contribution is 2.46. The fraction of sp³-hybridized carbons (Fsp3) is 0.400. The van der Waals surface area contributed by atoms with Gasteiger partial charge in [0.2, 0.25) is 11.8 Å². The Hall–Kier alpha value is -8.78. The van der Waals surface area contributed by atoms with Gasteiger partial charge < -0.3 is 44.5 Å². The minimum absolute atomic E-state index is 0.0734. The first-order chi connectivity index (χ1) is 40.2. The number of rotatable bonds is 22. The van der Waals surface area contributed by atoms with Gasteiger partial charge >= 0.3 is 24.4 Å². The highest BCUT2D eigenvalue weighted by molar-refractivity contribution is 6.09. The number of amides is 8. The second kappa shape index (κ2) is 25.6. The smallest absolute Gasteiger partial charge is 0.353 e. The van der Waals surface area contributed by atoms with E-state index in [1.807, 2.05) is 64.2 Å². The molecule has 0 unspecified atom stereocenters. The minimum atomic E-state index is -4.78. The van der Waals surface area contributed by atoms with Crippen molar-refractivity contribution in [3.05, 3.63) is 153 Å². The third-order valence-electron chi connectivity index (χ3n) is 15.3. The molecule has 0 saturated carbocycles. The van der Waals surface area contributed by atoms with E-state index in [-0.39, 0.29) is 84.3 Å². The van der Waals surface area contributed by atoms with Crippen LogP contribution in [0.3, 0.4) is 0 Å². The standard InChI is InChI=1S/C60H65F6N13O6/c1-71(2)27-23-69-49(80)37-75-53(41-19-15-39(33-67)16-20-41)51-47(77(57(75)84)45-13-7-11-43(31-45)59(61,62)63)35-73(55(51)82)25-9-29-79(5,6)30-10-26-74-36-48-52(56(74)83)54(42-21-17-40(34-68)18-22-42)76(38-50(81)70-24-28-72(3)4)58(85)78(48)46-14-8-12-44(32-46)60(64,65)66/h7-8,11-22,31-32,53-54H,9-10,23-30,35-38H2,1-6H3,(H-,69,70,80,81)/p+1/t53-,54-/m1/s1. The topological polar surface area (TPSA) is 200 Å². The second-order valence-corrected chi connectivity index (χ2v) is 22.4. The molecule has 19 nitrogen and oxygen atoms in total. The normalized spacial score (nSPS) is 17.6. The predicted octanol–water partition coefficient (Wildman–Crippen LogP) is 6.54. The van der Waals surface area contributed by atoms with Gasteiger partial charge in [-0.25, -0.2) is 9.59 Å². The molecule has 4 heterocycles. The van der Waals surface area contributed by atoms with Gasteiger partial charge in [-0.2, -0.15) is 36.9 Å². The van der Waals surface area contributed by atoms with Crippen LogP contribution in [-0.2, 0) is 31.5 Å². The maximum absolute atomic E-state index is 14.9. The van der Waals surface area contributed by atoms with Crippen molar-refractivity contribution in [3.63, 3.8) is 0 Å². The van der Waals surface area contributed by atoms with E-state index in [9.17, 15) is 65.6 Å². The van der Waals surface area contributed by atoms with E-state index < -0.39 is 84.3 Å². The van der Waals surface area contributed by atoms with Crippen LogP contribution in [0.1, 0.15) is 58.3 Å². The number of anilines is 2. The molecule has 4 aliphatic rings. The quantitative estimate of drug-likeness (QED) is 0.0644. The van der Waals surface area contributed by atoms with Crippen molar-refractivity contribution in [3.8, 4) is 12.1 Å². The Kier molecular flexibility index (Phi) is 18.8. The molecule has 0 spiro atoms. The van der Waals surface area contributed by atoms with Crippen LogP contribution >= 0.6 is 0 Å². The number of carbonyl (C=O) groups excluding carboxylic acids is 6. The molecular formula is C60H66F6N13O6+. The summed E-state index contributed by atoms with van der Waals surface area (Å²) < 4.78 is 85.7. The molecule has 0 fully saturated rings. The third kappa shape index (κ3) is 14.1. The zero-order valence-electron chi connectivity index (χ0n) is 47.9. The van der Waals surface area contributed by atoms with Crippen LogP contribution in [0.5, 0.6) is 0 Å². The van der Waals surface area contributed by atoms with Crippen LogP contribution in [0.4, 0.5) is 47.3 Å². The molecular weight excluding hydrogens is 1110 g/mol. The Morgan fingerprint density at radius 3 is 1.28 bits per heavy atom. The van der Waals surface area contributed by atoms with E-state index in [1.165, 1.54) is 46.2 Å². The van der Waals surface area contributed by atoms with Crippen LogP contribution in [-0.4, -0.2) is 190 Å². The molecule has 2 atom stereocenters. The third-order valence-corrected chi connectivity index (χ3v) is 15.3. The monoisotopic (exact) mass is 1180 g/mol. The van der Waals surface area contributed by atoms with Gasteiger partial charge in [0.05, 0.1) is 121 Å². The van der Waals surface area contributed by atoms with Crippen LogP contribution in [0, 0.1) is 22.7 Å². The highest BCUT2D eigenvalue weighted by Gasteiger charge is 2.51. The number of benzene rings is 4. The van der Waals surface area contributed by atoms with Gasteiger partial charge in [-0.3, -0.25) is 29.0 Å². The average Bonchev–Trinajstić information content (AvgIpc) is 1.86. The lowest BCUT2D eigenvalue weighted by Gasteiger charge is -2.41. The summed E-state index contributed by atoms with van der Waals surface area (Å²) in [5, 5.41) is 24.8. The fourth-order valence-electron chi connectivity index (χ4n) is 11.0. The van der Waals surface area contributed by atoms with Crippen molar-refractivity contribution < 1.29 is 59.6 Å². The molecule has 2 N–H and O–H groups in total. The molecule has 4 aromatic rings. The van der Waals surface area contributed by atoms with Crippen molar-refractivity contribution in [1.29, 1.82) is 10.5 Å². The van der Waals surface area contributed by atoms with E-state index >= 15 is 0 Å². The second-order valence-electron chi connectivity index (χ2n) is 22.4. The van der Waals surface area contributed by atoms with Gasteiger partial charge in [0, 0.05) is 52.1 Å². The molecule has 0 bridgehead atoms. The van der Waals surface area contributed by atoms with E-state index in [2.05, 4.69) is 10.6 Å². The molecule has 0 radical (unpaired) electrons. The van der Waals surface area contributed by atoms with E-state index in [0.29, 0.717) is 54.6 Å². The lowest BCUT2D eigenvalue weighted by Crippen LogP contribution is -2.53. The molecule has 4 aromatic carbocycles. The van der Waals surface area contributed by atoms with E-state index in [4.69, 9.17) is 0 Å². The average molecular weight is 1180 g/mol. The number of quaternary nitrogens is 1. The number of urea groups is 2. The minimum Gasteiger partial charge on any atom is -0.353 e. The summed E-state index contributed by atoms with van der Waals surface area (Å²) in [5.74, 6) is -2.18. The summed E-state index contributed by atoms with van der Waals surface area (Å²) in [6, 6.07) is 20.7. The zero-order chi connectivity index (χ0) is 61.7. The summed E-state index contributed by atoms with van der Waals surface area (Å²) in [6.45, 7) is 1.05. The number of carbonyl (C=O) groups is 6. The molecule has 0 saturated heterocycles. The predicted molar refractivity (Wildman–Crippen MR) is 301 cm³/mol. The first-order valence-electron chi connectivity index (χ1n) is 27.5. The summed E-state index contributed by atoms with van der Waals surface area (Å²) >= 11 is 0. The Bertz CT molecular complexity index is 3150. The van der Waals surface area contributed by atoms with Crippen LogP contribution in [0.25, 0.3) is 0 Å². The number of nitriles is 2. The zero-order valence-corrected chi connectivity index (χ0v) is 47.9. The van der Waals surface area contributed by atoms with Crippen molar-refractivity contribution >= 4 is 47.1 Å². The van der Waals surface area contributed by atoms with Crippen LogP contribution in [0.2, 0.25) is 0 Å². The fourth-order valence-corrected chi connectivity index (χ4v) is 11.0. The van der Waals surface area contributed by atoms with Crippen LogP contribution in [0.15, 0.2) is 120 Å². The Labute approximate surface area is 488 Å². The Morgan fingerprint density at radius 1 is 0.588 bits per heavy atom. The maximum atomic E-state index is 14.9. The maximum Gasteiger partial charge on any atom is 0.416 e. The largest absolute Gasteiger partial charge is 0.416 e. The van der Waals surface area contributed by atoms with Gasteiger partial charge in [0.25, 0.3) is 11.8 Å². The van der Waals surface area contributed by atoms with Crippen molar-refractivity contribution in [2.45, 2.75) is 37.3 Å². The lowest BCUT2D eigenvalue weighted by molar-refractivity contribution is -0.890. The van der Waals surface area contributed by atoms with Crippen LogP contribution < -0.4 is 20.4 Å². The molecule has 25 heteroatoms. The SMILES string of the molecule is CN(C)CCNC(=O)CN1C(=O)N(c2cccc(C(F)(F)F)c2)C2=C(C(=O)N(CCC[N+](C)(C)CCCN3CC4=C(C3=O)[C@@H](c3ccc(C#N)cc3)N(CC(=O)NCCN(C)C)C(=O)N4c3cccc(C(F)(F)F)c3)C2)[C@H]1c1ccc(C#N)cc1. The van der Waals surface area contributed by atoms with Gasteiger partial charge in [-0.15, -0.1) is 0 Å². The molecule has 0 aliphatic carbocycles. The summed E-state index contributed by atoms with van der Waals surface area (Å²) in [7, 11) is 11.1. The summed E-state index contributed by atoms with van der Waals surface area (Å²) in [6.07, 6.45) is -8.80. The molecule has 8 amide bonds. The molecule has 0 aromatic heterocycles. The lowest BCUT2D eigenvalue weighted by atomic mass is 9.92. The number of alkyl halides is 6. The Balaban J connectivity index is 1.02. The van der Waals surface area contributed by atoms with E-state index in [1.54, 1.807) is 24.3 Å². The summed E-state index contributed by atoms with van der Waals surface area (Å²) in [4.78, 5) is 98.0. The van der Waals surface area contributed by atoms with Gasteiger partial charge in [0.15, 0.2) is 0 Å². The first-order valence-corrected chi connectivity index (χ1v) is 27.5. The van der Waals surface area contributed by atoms with Gasteiger partial charge in [-0.1, -0.05) is 36.4 Å². The van der Waals surface area contributed by atoms with Crippen molar-refractivity contribution in [2.24, 2.45) is 0 Å². The molecule has 4 aliphatic heterocycles. The number of likely N-dealkylation sites (N-methyl/N-ethyl adjacent to an activating group) is 2. The van der Waals surface area contributed by atoms with E-state index in [0.717, 1.165) is 56.0 Å². The molecule has 85 heavy (non-hydrogen) atoms. The number of hydrogen-bond donors (Lipinski definition) is 2. The number of hydrogen-bond acceptors (Lipinski definition) is 10. The highest BCUT2D eigenvalue weighted by atomic mass is 19.4. The number of halogens is 6. The van der Waals surface area contributed by atoms with Gasteiger partial charge in [-0.05, 0) is 100.0 Å². The number of nitrogens with one attached hydrogen (secondary N) is 2. The number of nitrogens with zero attached hydrogens (tertiary/aromatic N) is 11. The Morgan fingerprint density at radius 2 is 0.953 bits per heavy atom. The molecule has 8 rings (SSSR count).